The van der Waals surface area contributed by atoms with Crippen LogP contribution in [0.4, 0.5) is 29.1 Å². The molecule has 1 atom stereocenters. The van der Waals surface area contributed by atoms with Crippen LogP contribution in [0.3, 0.4) is 0 Å². The number of anilines is 2. The highest BCUT2D eigenvalue weighted by atomic mass is 32.2. The van der Waals surface area contributed by atoms with E-state index in [1.807, 2.05) is 0 Å². The third kappa shape index (κ3) is 6.64. The molecule has 234 valence electrons. The standard InChI is InChI=1S/C29H25F4N7O4S/c1-2-40(45(44)18-6-4-3-5-7-18)21-9-8-17(41)10-16(21)14-35-27-23-24(25(34)43)38-39-28(23)37-26(36-27)19-12-20(30)22(42)11-15(19)13-29(31,32)33/h3-12,41-42H,2,13-14H2,1H3,(H2,34,43)(H2,35,36,37,38,39). The maximum absolute atomic E-state index is 14.4. The summed E-state index contributed by atoms with van der Waals surface area (Å²) >= 11 is 0. The number of primary amides is 1. The highest BCUT2D eigenvalue weighted by Crippen LogP contribution is 2.35. The van der Waals surface area contributed by atoms with E-state index in [0.717, 1.165) is 0 Å². The van der Waals surface area contributed by atoms with Crippen molar-refractivity contribution in [3.05, 3.63) is 83.3 Å². The van der Waals surface area contributed by atoms with Crippen LogP contribution in [0, 0.1) is 5.82 Å². The fourth-order valence-corrected chi connectivity index (χ4v) is 5.94. The average molecular weight is 644 g/mol. The first kappa shape index (κ1) is 31.2. The Balaban J connectivity index is 1.60. The number of phenolic OH excluding ortho intramolecular Hbond substituents is 2. The van der Waals surface area contributed by atoms with E-state index in [1.165, 1.54) is 12.1 Å². The summed E-state index contributed by atoms with van der Waals surface area (Å²) in [5.41, 5.74) is 5.17. The summed E-state index contributed by atoms with van der Waals surface area (Å²) in [4.78, 5) is 21.2. The lowest BCUT2D eigenvalue weighted by Crippen LogP contribution is -2.27. The van der Waals surface area contributed by atoms with Gasteiger partial charge in [-0.05, 0) is 60.5 Å². The van der Waals surface area contributed by atoms with Gasteiger partial charge in [0.15, 0.2) is 34.0 Å². The number of aromatic hydroxyl groups is 2. The molecule has 1 amide bonds. The maximum atomic E-state index is 14.4. The van der Waals surface area contributed by atoms with Gasteiger partial charge in [0.05, 0.1) is 22.4 Å². The predicted molar refractivity (Wildman–Crippen MR) is 158 cm³/mol. The van der Waals surface area contributed by atoms with Crippen molar-refractivity contribution in [2.75, 3.05) is 16.2 Å². The zero-order chi connectivity index (χ0) is 32.5. The SMILES string of the molecule is CCN(c1ccc(O)cc1CNc1nc(-c2cc(F)c(O)cc2CC(F)(F)F)nc2n[nH]c(C(N)=O)c12)S(=O)c1ccccc1. The van der Waals surface area contributed by atoms with Crippen LogP contribution in [0.25, 0.3) is 22.4 Å². The Morgan fingerprint density at radius 1 is 1.07 bits per heavy atom. The molecule has 5 rings (SSSR count). The van der Waals surface area contributed by atoms with Crippen LogP contribution in [0.2, 0.25) is 0 Å². The number of phenols is 2. The van der Waals surface area contributed by atoms with E-state index in [0.29, 0.717) is 34.8 Å². The van der Waals surface area contributed by atoms with E-state index in [2.05, 4.69) is 25.5 Å². The van der Waals surface area contributed by atoms with E-state index < -0.39 is 46.6 Å². The number of hydrogen-bond donors (Lipinski definition) is 5. The lowest BCUT2D eigenvalue weighted by atomic mass is 10.0. The molecule has 0 saturated heterocycles. The van der Waals surface area contributed by atoms with Crippen LogP contribution in [-0.4, -0.2) is 53.2 Å². The summed E-state index contributed by atoms with van der Waals surface area (Å²) in [6.45, 7) is 1.99. The van der Waals surface area contributed by atoms with Gasteiger partial charge in [-0.1, -0.05) is 18.2 Å². The first-order valence-electron chi connectivity index (χ1n) is 13.3. The zero-order valence-electron chi connectivity index (χ0n) is 23.4. The first-order chi connectivity index (χ1) is 21.4. The van der Waals surface area contributed by atoms with Crippen LogP contribution in [0.15, 0.2) is 65.6 Å². The summed E-state index contributed by atoms with van der Waals surface area (Å²) in [5.74, 6) is -3.72. The number of nitrogens with zero attached hydrogens (tertiary/aromatic N) is 4. The highest BCUT2D eigenvalue weighted by molar-refractivity contribution is 7.86. The molecule has 0 aliphatic carbocycles. The van der Waals surface area contributed by atoms with Crippen LogP contribution in [-0.2, 0) is 24.0 Å². The van der Waals surface area contributed by atoms with E-state index in [1.54, 1.807) is 47.6 Å². The van der Waals surface area contributed by atoms with Gasteiger partial charge in [0.2, 0.25) is 0 Å². The number of benzene rings is 3. The number of fused-ring (bicyclic) bond motifs is 1. The Morgan fingerprint density at radius 2 is 1.80 bits per heavy atom. The third-order valence-electron chi connectivity index (χ3n) is 6.67. The van der Waals surface area contributed by atoms with Crippen molar-refractivity contribution in [2.24, 2.45) is 5.73 Å². The van der Waals surface area contributed by atoms with Gasteiger partial charge in [-0.15, -0.1) is 0 Å². The second-order valence-electron chi connectivity index (χ2n) is 9.73. The molecule has 0 saturated carbocycles. The van der Waals surface area contributed by atoms with Crippen LogP contribution >= 0.6 is 0 Å². The molecule has 6 N–H and O–H groups in total. The van der Waals surface area contributed by atoms with E-state index in [9.17, 15) is 36.8 Å². The lowest BCUT2D eigenvalue weighted by Gasteiger charge is -2.25. The molecular weight excluding hydrogens is 618 g/mol. The monoisotopic (exact) mass is 643 g/mol. The Bertz CT molecular complexity index is 1920. The van der Waals surface area contributed by atoms with Gasteiger partial charge in [0, 0.05) is 18.7 Å². The van der Waals surface area contributed by atoms with E-state index in [-0.39, 0.29) is 46.2 Å². The number of rotatable bonds is 10. The molecule has 2 heterocycles. The van der Waals surface area contributed by atoms with Gasteiger partial charge in [-0.25, -0.2) is 18.6 Å². The number of amides is 1. The second-order valence-corrected chi connectivity index (χ2v) is 11.1. The predicted octanol–water partition coefficient (Wildman–Crippen LogP) is 4.94. The molecule has 0 fully saturated rings. The quantitative estimate of drug-likeness (QED) is 0.133. The van der Waals surface area contributed by atoms with Crippen molar-refractivity contribution in [1.82, 2.24) is 20.2 Å². The third-order valence-corrected chi connectivity index (χ3v) is 8.21. The smallest absolute Gasteiger partial charge is 0.393 e. The van der Waals surface area contributed by atoms with Crippen LogP contribution in [0.5, 0.6) is 11.5 Å². The number of aromatic nitrogens is 4. The molecule has 5 aromatic rings. The summed E-state index contributed by atoms with van der Waals surface area (Å²) in [7, 11) is -1.63. The number of carbonyl (C=O) groups excluding carboxylic acids is 1. The molecule has 0 spiro atoms. The minimum Gasteiger partial charge on any atom is -0.508 e. The fourth-order valence-electron chi connectivity index (χ4n) is 4.70. The summed E-state index contributed by atoms with van der Waals surface area (Å²) in [6, 6.07) is 14.4. The van der Waals surface area contributed by atoms with Crippen molar-refractivity contribution in [3.63, 3.8) is 0 Å². The molecule has 11 nitrogen and oxygen atoms in total. The number of hydrogen-bond acceptors (Lipinski definition) is 8. The van der Waals surface area contributed by atoms with Crippen molar-refractivity contribution in [1.29, 1.82) is 0 Å². The molecule has 0 aliphatic rings. The average Bonchev–Trinajstić information content (AvgIpc) is 3.43. The van der Waals surface area contributed by atoms with Crippen molar-refractivity contribution in [2.45, 2.75) is 31.0 Å². The Kier molecular flexibility index (Phi) is 8.59. The Morgan fingerprint density at radius 3 is 2.47 bits per heavy atom. The summed E-state index contributed by atoms with van der Waals surface area (Å²) in [5, 5.41) is 29.5. The molecule has 0 aliphatic heterocycles. The largest absolute Gasteiger partial charge is 0.508 e. The normalized spacial score (nSPS) is 12.3. The Hall–Kier alpha value is -5.25. The molecule has 3 aromatic carbocycles. The van der Waals surface area contributed by atoms with Crippen LogP contribution < -0.4 is 15.4 Å². The minimum atomic E-state index is -4.72. The topological polar surface area (TPSA) is 170 Å². The van der Waals surface area contributed by atoms with Gasteiger partial charge in [0.25, 0.3) is 5.91 Å². The zero-order valence-corrected chi connectivity index (χ0v) is 24.2. The van der Waals surface area contributed by atoms with Crippen molar-refractivity contribution < 1.29 is 36.8 Å². The maximum Gasteiger partial charge on any atom is 0.393 e. The van der Waals surface area contributed by atoms with Gasteiger partial charge in [0.1, 0.15) is 17.3 Å². The number of carbonyl (C=O) groups is 1. The number of nitrogens with two attached hydrogens (primary N) is 1. The first-order valence-corrected chi connectivity index (χ1v) is 14.4. The molecule has 2 aromatic heterocycles. The fraction of sp³-hybridized carbons (Fsp3) is 0.172. The van der Waals surface area contributed by atoms with Crippen molar-refractivity contribution in [3.8, 4) is 22.9 Å². The van der Waals surface area contributed by atoms with Gasteiger partial charge >= 0.3 is 6.18 Å². The molecule has 45 heavy (non-hydrogen) atoms. The van der Waals surface area contributed by atoms with E-state index in [4.69, 9.17) is 5.73 Å². The second kappa shape index (κ2) is 12.4. The molecule has 16 heteroatoms. The van der Waals surface area contributed by atoms with Crippen molar-refractivity contribution >= 4 is 39.4 Å². The summed E-state index contributed by atoms with van der Waals surface area (Å²) in [6.07, 6.45) is -6.24. The van der Waals surface area contributed by atoms with Crippen LogP contribution in [0.1, 0.15) is 28.5 Å². The van der Waals surface area contributed by atoms with E-state index >= 15 is 0 Å². The number of aromatic amines is 1. The van der Waals surface area contributed by atoms with Gasteiger partial charge < -0.3 is 21.3 Å². The lowest BCUT2D eigenvalue weighted by molar-refractivity contribution is -0.127. The molecule has 1 unspecified atom stereocenters. The molecule has 0 radical (unpaired) electrons. The molecule has 0 bridgehead atoms. The van der Waals surface area contributed by atoms with Gasteiger partial charge in [-0.3, -0.25) is 14.2 Å². The number of halogens is 4. The number of alkyl halides is 3. The number of H-pyrrole nitrogens is 1. The Labute approximate surface area is 255 Å². The van der Waals surface area contributed by atoms with Gasteiger partial charge in [-0.2, -0.15) is 18.3 Å². The summed E-state index contributed by atoms with van der Waals surface area (Å²) < 4.78 is 69.7. The molecular formula is C29H25F4N7O4S. The minimum absolute atomic E-state index is 0.00443. The number of nitrogens with one attached hydrogen (secondary N) is 2. The highest BCUT2D eigenvalue weighted by Gasteiger charge is 2.31.